The predicted molar refractivity (Wildman–Crippen MR) is 77.6 cm³/mol. The molecule has 1 atom stereocenters. The number of benzene rings is 1. The Morgan fingerprint density at radius 3 is 2.58 bits per heavy atom. The first-order valence-corrected chi connectivity index (χ1v) is 7.18. The van der Waals surface area contributed by atoms with E-state index in [-0.39, 0.29) is 11.5 Å². The lowest BCUT2D eigenvalue weighted by Crippen LogP contribution is -2.43. The lowest BCUT2D eigenvalue weighted by molar-refractivity contribution is -0.157. The summed E-state index contributed by atoms with van der Waals surface area (Å²) in [6, 6.07) is 3.70. The van der Waals surface area contributed by atoms with Gasteiger partial charge in [-0.25, -0.2) is 4.79 Å². The van der Waals surface area contributed by atoms with Crippen LogP contribution < -0.4 is 10.2 Å². The SMILES string of the molecule is O=C(NC(CC(F)(F)F)C(=O)O)c1cccc(N2CCCC2=O)c1. The molecule has 1 heterocycles. The summed E-state index contributed by atoms with van der Waals surface area (Å²) in [7, 11) is 0. The van der Waals surface area contributed by atoms with Crippen molar-refractivity contribution in [2.24, 2.45) is 0 Å². The van der Waals surface area contributed by atoms with Crippen LogP contribution in [0.3, 0.4) is 0 Å². The summed E-state index contributed by atoms with van der Waals surface area (Å²) in [5.74, 6) is -2.82. The Bertz CT molecular complexity index is 660. The molecule has 0 saturated carbocycles. The van der Waals surface area contributed by atoms with Crippen molar-refractivity contribution in [3.05, 3.63) is 29.8 Å². The largest absolute Gasteiger partial charge is 0.480 e. The first-order chi connectivity index (χ1) is 11.2. The molecule has 1 aromatic rings. The van der Waals surface area contributed by atoms with Crippen molar-refractivity contribution in [2.45, 2.75) is 31.5 Å². The predicted octanol–water partition coefficient (Wildman–Crippen LogP) is 1.95. The fourth-order valence-corrected chi connectivity index (χ4v) is 2.41. The molecule has 0 aromatic heterocycles. The van der Waals surface area contributed by atoms with E-state index in [0.717, 1.165) is 0 Å². The van der Waals surface area contributed by atoms with Gasteiger partial charge >= 0.3 is 12.1 Å². The lowest BCUT2D eigenvalue weighted by atomic mass is 10.1. The minimum atomic E-state index is -4.72. The number of anilines is 1. The monoisotopic (exact) mass is 344 g/mol. The number of nitrogens with one attached hydrogen (secondary N) is 1. The molecule has 0 radical (unpaired) electrons. The Balaban J connectivity index is 2.14. The molecular weight excluding hydrogens is 329 g/mol. The van der Waals surface area contributed by atoms with Crippen molar-refractivity contribution in [2.75, 3.05) is 11.4 Å². The number of hydrogen-bond donors (Lipinski definition) is 2. The van der Waals surface area contributed by atoms with Crippen LogP contribution in [0.15, 0.2) is 24.3 Å². The number of halogens is 3. The second kappa shape index (κ2) is 6.90. The number of carbonyl (C=O) groups is 3. The Hall–Kier alpha value is -2.58. The molecule has 0 spiro atoms. The van der Waals surface area contributed by atoms with Crippen LogP contribution in [0.1, 0.15) is 29.6 Å². The van der Waals surface area contributed by atoms with Crippen LogP contribution in [0.25, 0.3) is 0 Å². The van der Waals surface area contributed by atoms with Gasteiger partial charge in [0.05, 0.1) is 6.42 Å². The third kappa shape index (κ3) is 4.46. The summed E-state index contributed by atoms with van der Waals surface area (Å²) in [4.78, 5) is 36.1. The van der Waals surface area contributed by atoms with E-state index in [4.69, 9.17) is 5.11 Å². The molecule has 130 valence electrons. The standard InChI is InChI=1S/C15H15F3N2O4/c16-15(17,18)8-11(14(23)24)19-13(22)9-3-1-4-10(7-9)20-6-2-5-12(20)21/h1,3-4,7,11H,2,5-6,8H2,(H,19,22)(H,23,24). The van der Waals surface area contributed by atoms with Gasteiger partial charge in [-0.1, -0.05) is 6.07 Å². The van der Waals surface area contributed by atoms with Crippen LogP contribution in [0, 0.1) is 0 Å². The van der Waals surface area contributed by atoms with E-state index in [1.165, 1.54) is 23.1 Å². The van der Waals surface area contributed by atoms with Gasteiger partial charge in [-0.05, 0) is 24.6 Å². The summed E-state index contributed by atoms with van der Waals surface area (Å²) in [6.45, 7) is 0.496. The van der Waals surface area contributed by atoms with Crippen molar-refractivity contribution in [3.8, 4) is 0 Å². The maximum absolute atomic E-state index is 12.4. The fourth-order valence-electron chi connectivity index (χ4n) is 2.41. The quantitative estimate of drug-likeness (QED) is 0.855. The van der Waals surface area contributed by atoms with Gasteiger partial charge in [0.2, 0.25) is 5.91 Å². The number of carbonyl (C=O) groups excluding carboxylic acids is 2. The van der Waals surface area contributed by atoms with E-state index in [1.54, 1.807) is 6.07 Å². The molecule has 1 aromatic carbocycles. The first kappa shape index (κ1) is 17.8. The van der Waals surface area contributed by atoms with Gasteiger partial charge in [0, 0.05) is 24.2 Å². The van der Waals surface area contributed by atoms with E-state index in [0.29, 0.717) is 25.1 Å². The number of hydrogen-bond acceptors (Lipinski definition) is 3. The third-order valence-corrected chi connectivity index (χ3v) is 3.53. The molecule has 1 saturated heterocycles. The van der Waals surface area contributed by atoms with E-state index in [1.807, 2.05) is 5.32 Å². The van der Waals surface area contributed by atoms with E-state index in [9.17, 15) is 27.6 Å². The van der Waals surface area contributed by atoms with Crippen molar-refractivity contribution in [1.29, 1.82) is 0 Å². The smallest absolute Gasteiger partial charge is 0.391 e. The van der Waals surface area contributed by atoms with Crippen molar-refractivity contribution >= 4 is 23.5 Å². The zero-order chi connectivity index (χ0) is 17.9. The van der Waals surface area contributed by atoms with Gasteiger partial charge in [0.1, 0.15) is 6.04 Å². The number of nitrogens with zero attached hydrogens (tertiary/aromatic N) is 1. The molecule has 0 bridgehead atoms. The molecule has 1 aliphatic rings. The summed E-state index contributed by atoms with van der Waals surface area (Å²) < 4.78 is 37.1. The zero-order valence-corrected chi connectivity index (χ0v) is 12.5. The number of carboxylic acids is 1. The highest BCUT2D eigenvalue weighted by Gasteiger charge is 2.36. The zero-order valence-electron chi connectivity index (χ0n) is 12.5. The lowest BCUT2D eigenvalue weighted by Gasteiger charge is -2.18. The summed E-state index contributed by atoms with van der Waals surface area (Å²) in [6.07, 6.45) is -5.32. The maximum atomic E-state index is 12.4. The number of rotatable bonds is 5. The second-order valence-electron chi connectivity index (χ2n) is 5.38. The van der Waals surface area contributed by atoms with Crippen molar-refractivity contribution < 1.29 is 32.7 Å². The van der Waals surface area contributed by atoms with E-state index in [2.05, 4.69) is 0 Å². The highest BCUT2D eigenvalue weighted by molar-refractivity contribution is 6.00. The minimum absolute atomic E-state index is 0.0133. The van der Waals surface area contributed by atoms with Crippen LogP contribution in [-0.4, -0.2) is 41.7 Å². The minimum Gasteiger partial charge on any atom is -0.480 e. The summed E-state index contributed by atoms with van der Waals surface area (Å²) in [5, 5.41) is 10.7. The topological polar surface area (TPSA) is 86.7 Å². The first-order valence-electron chi connectivity index (χ1n) is 7.18. The average molecular weight is 344 g/mol. The molecule has 1 unspecified atom stereocenters. The van der Waals surface area contributed by atoms with Gasteiger partial charge in [-0.3, -0.25) is 9.59 Å². The highest BCUT2D eigenvalue weighted by Crippen LogP contribution is 2.24. The van der Waals surface area contributed by atoms with Crippen LogP contribution in [0.2, 0.25) is 0 Å². The van der Waals surface area contributed by atoms with Gasteiger partial charge in [-0.2, -0.15) is 13.2 Å². The maximum Gasteiger partial charge on any atom is 0.391 e. The van der Waals surface area contributed by atoms with Gasteiger partial charge in [0.15, 0.2) is 0 Å². The number of aliphatic carboxylic acids is 1. The van der Waals surface area contributed by atoms with Crippen LogP contribution in [-0.2, 0) is 9.59 Å². The van der Waals surface area contributed by atoms with Gasteiger partial charge < -0.3 is 15.3 Å². The third-order valence-electron chi connectivity index (χ3n) is 3.53. The average Bonchev–Trinajstić information content (AvgIpc) is 2.91. The van der Waals surface area contributed by atoms with Crippen LogP contribution in [0.5, 0.6) is 0 Å². The van der Waals surface area contributed by atoms with E-state index < -0.39 is 30.5 Å². The number of carboxylic acid groups (broad SMARTS) is 1. The summed E-state index contributed by atoms with van der Waals surface area (Å²) >= 11 is 0. The molecule has 24 heavy (non-hydrogen) atoms. The molecule has 9 heteroatoms. The summed E-state index contributed by atoms with van der Waals surface area (Å²) in [5.41, 5.74) is 0.438. The fraction of sp³-hybridized carbons (Fsp3) is 0.400. The molecular formula is C15H15F3N2O4. The Morgan fingerprint density at radius 1 is 1.33 bits per heavy atom. The van der Waals surface area contributed by atoms with Crippen molar-refractivity contribution in [1.82, 2.24) is 5.32 Å². The molecule has 2 amide bonds. The molecule has 6 nitrogen and oxygen atoms in total. The number of amides is 2. The van der Waals surface area contributed by atoms with Gasteiger partial charge in [0.25, 0.3) is 5.91 Å². The van der Waals surface area contributed by atoms with Crippen LogP contribution in [0.4, 0.5) is 18.9 Å². The Kier molecular flexibility index (Phi) is 5.10. The van der Waals surface area contributed by atoms with Gasteiger partial charge in [-0.15, -0.1) is 0 Å². The van der Waals surface area contributed by atoms with Crippen molar-refractivity contribution in [3.63, 3.8) is 0 Å². The Morgan fingerprint density at radius 2 is 2.04 bits per heavy atom. The highest BCUT2D eigenvalue weighted by atomic mass is 19.4. The second-order valence-corrected chi connectivity index (χ2v) is 5.38. The normalized spacial score (nSPS) is 16.1. The molecule has 2 rings (SSSR count). The Labute approximate surface area is 135 Å². The molecule has 1 fully saturated rings. The van der Waals surface area contributed by atoms with E-state index >= 15 is 0 Å². The molecule has 2 N–H and O–H groups in total. The van der Waals surface area contributed by atoms with Crippen LogP contribution >= 0.6 is 0 Å². The molecule has 1 aliphatic heterocycles. The molecule has 0 aliphatic carbocycles. The number of alkyl halides is 3.